The zero-order valence-corrected chi connectivity index (χ0v) is 9.87. The molecule has 1 rings (SSSR count). The molecule has 0 aliphatic heterocycles. The minimum Gasteiger partial charge on any atom is -0.374 e. The molecule has 1 atom stereocenters. The molecule has 0 amide bonds. The van der Waals surface area contributed by atoms with Gasteiger partial charge in [-0.15, -0.1) is 0 Å². The van der Waals surface area contributed by atoms with Crippen molar-refractivity contribution >= 4 is 21.7 Å². The quantitative estimate of drug-likeness (QED) is 0.828. The van der Waals surface area contributed by atoms with Crippen LogP contribution in [0, 0.1) is 0 Å². The number of hydrogen-bond acceptors (Lipinski definition) is 2. The van der Waals surface area contributed by atoms with E-state index in [1.54, 1.807) is 14.0 Å². The first-order chi connectivity index (χ1) is 6.63. The zero-order valence-electron chi connectivity index (χ0n) is 8.29. The summed E-state index contributed by atoms with van der Waals surface area (Å²) in [7, 11) is 1.55. The molecule has 76 valence electrons. The molecule has 0 heterocycles. The van der Waals surface area contributed by atoms with Crippen molar-refractivity contribution in [2.75, 3.05) is 7.11 Å². The molecule has 1 unspecified atom stereocenters. The SMILES string of the molecule is COC(C)C(=O)Cc1ccc(Br)cc1. The van der Waals surface area contributed by atoms with Crippen LogP contribution < -0.4 is 0 Å². The van der Waals surface area contributed by atoms with Gasteiger partial charge in [-0.3, -0.25) is 4.79 Å². The third kappa shape index (κ3) is 3.24. The molecular formula is C11H13BrO2. The number of Topliss-reactive ketones (excluding diaryl/α,β-unsaturated/α-hetero) is 1. The number of halogens is 1. The number of hydrogen-bond donors (Lipinski definition) is 0. The summed E-state index contributed by atoms with van der Waals surface area (Å²) in [5.74, 6) is 0.106. The average Bonchev–Trinajstić information content (AvgIpc) is 2.20. The van der Waals surface area contributed by atoms with Crippen molar-refractivity contribution in [3.05, 3.63) is 34.3 Å². The van der Waals surface area contributed by atoms with Crippen molar-refractivity contribution in [2.45, 2.75) is 19.4 Å². The van der Waals surface area contributed by atoms with Crippen LogP contribution in [-0.4, -0.2) is 19.0 Å². The molecule has 0 bridgehead atoms. The van der Waals surface area contributed by atoms with Crippen LogP contribution in [0.3, 0.4) is 0 Å². The Morgan fingerprint density at radius 1 is 1.43 bits per heavy atom. The van der Waals surface area contributed by atoms with Gasteiger partial charge in [-0.1, -0.05) is 28.1 Å². The standard InChI is InChI=1S/C11H13BrO2/c1-8(14-2)11(13)7-9-3-5-10(12)6-4-9/h3-6,8H,7H2,1-2H3. The molecule has 0 radical (unpaired) electrons. The Bertz CT molecular complexity index is 306. The minimum absolute atomic E-state index is 0.106. The summed E-state index contributed by atoms with van der Waals surface area (Å²) in [6.07, 6.45) is 0.112. The van der Waals surface area contributed by atoms with Gasteiger partial charge in [0.2, 0.25) is 0 Å². The second-order valence-corrected chi connectivity index (χ2v) is 4.06. The summed E-state index contributed by atoms with van der Waals surface area (Å²) in [5.41, 5.74) is 1.02. The Kier molecular flexibility index (Phi) is 4.29. The Hall–Kier alpha value is -0.670. The van der Waals surface area contributed by atoms with Crippen molar-refractivity contribution in [1.29, 1.82) is 0 Å². The minimum atomic E-state index is -0.321. The molecule has 0 saturated carbocycles. The van der Waals surface area contributed by atoms with Crippen LogP contribution in [0.15, 0.2) is 28.7 Å². The van der Waals surface area contributed by atoms with Crippen molar-refractivity contribution < 1.29 is 9.53 Å². The highest BCUT2D eigenvalue weighted by atomic mass is 79.9. The van der Waals surface area contributed by atoms with Gasteiger partial charge in [0.15, 0.2) is 5.78 Å². The Morgan fingerprint density at radius 2 is 2.00 bits per heavy atom. The first-order valence-electron chi connectivity index (χ1n) is 4.43. The summed E-state index contributed by atoms with van der Waals surface area (Å²) in [6.45, 7) is 1.77. The van der Waals surface area contributed by atoms with Gasteiger partial charge in [0.25, 0.3) is 0 Å². The summed E-state index contributed by atoms with van der Waals surface area (Å²) in [4.78, 5) is 11.5. The fourth-order valence-electron chi connectivity index (χ4n) is 1.08. The summed E-state index contributed by atoms with van der Waals surface area (Å²) < 4.78 is 5.97. The van der Waals surface area contributed by atoms with Crippen LogP contribution in [0.2, 0.25) is 0 Å². The van der Waals surface area contributed by atoms with E-state index in [2.05, 4.69) is 15.9 Å². The highest BCUT2D eigenvalue weighted by Gasteiger charge is 2.11. The molecule has 0 aliphatic rings. The van der Waals surface area contributed by atoms with E-state index in [1.807, 2.05) is 24.3 Å². The lowest BCUT2D eigenvalue weighted by Crippen LogP contribution is -2.20. The third-order valence-electron chi connectivity index (χ3n) is 2.10. The second-order valence-electron chi connectivity index (χ2n) is 3.15. The van der Waals surface area contributed by atoms with Crippen LogP contribution in [0.5, 0.6) is 0 Å². The molecule has 0 spiro atoms. The molecule has 1 aromatic rings. The number of methoxy groups -OCH3 is 1. The van der Waals surface area contributed by atoms with Gasteiger partial charge in [-0.25, -0.2) is 0 Å². The van der Waals surface area contributed by atoms with E-state index in [-0.39, 0.29) is 11.9 Å². The average molecular weight is 257 g/mol. The number of carbonyl (C=O) groups is 1. The fraction of sp³-hybridized carbons (Fsp3) is 0.364. The topological polar surface area (TPSA) is 26.3 Å². The molecule has 0 N–H and O–H groups in total. The third-order valence-corrected chi connectivity index (χ3v) is 2.63. The zero-order chi connectivity index (χ0) is 10.6. The van der Waals surface area contributed by atoms with Gasteiger partial charge in [-0.2, -0.15) is 0 Å². The first kappa shape index (κ1) is 11.4. The van der Waals surface area contributed by atoms with Crippen molar-refractivity contribution in [2.24, 2.45) is 0 Å². The van der Waals surface area contributed by atoms with Crippen LogP contribution in [0.4, 0.5) is 0 Å². The van der Waals surface area contributed by atoms with E-state index >= 15 is 0 Å². The van der Waals surface area contributed by atoms with E-state index in [9.17, 15) is 4.79 Å². The van der Waals surface area contributed by atoms with Crippen molar-refractivity contribution in [1.82, 2.24) is 0 Å². The molecule has 2 nitrogen and oxygen atoms in total. The number of benzene rings is 1. The number of carbonyl (C=O) groups excluding carboxylic acids is 1. The van der Waals surface area contributed by atoms with E-state index in [1.165, 1.54) is 0 Å². The molecule has 1 aromatic carbocycles. The van der Waals surface area contributed by atoms with Crippen LogP contribution in [-0.2, 0) is 16.0 Å². The lowest BCUT2D eigenvalue weighted by atomic mass is 10.1. The lowest BCUT2D eigenvalue weighted by molar-refractivity contribution is -0.127. The van der Waals surface area contributed by atoms with Gasteiger partial charge in [0.05, 0.1) is 0 Å². The molecule has 14 heavy (non-hydrogen) atoms. The smallest absolute Gasteiger partial charge is 0.165 e. The van der Waals surface area contributed by atoms with Gasteiger partial charge in [0, 0.05) is 18.0 Å². The highest BCUT2D eigenvalue weighted by Crippen LogP contribution is 2.11. The Morgan fingerprint density at radius 3 is 2.50 bits per heavy atom. The largest absolute Gasteiger partial charge is 0.374 e. The van der Waals surface area contributed by atoms with Crippen LogP contribution in [0.1, 0.15) is 12.5 Å². The van der Waals surface area contributed by atoms with Crippen LogP contribution >= 0.6 is 15.9 Å². The van der Waals surface area contributed by atoms with Gasteiger partial charge < -0.3 is 4.74 Å². The van der Waals surface area contributed by atoms with Gasteiger partial charge >= 0.3 is 0 Å². The number of rotatable bonds is 4. The number of ether oxygens (including phenoxy) is 1. The summed E-state index contributed by atoms with van der Waals surface area (Å²) in [6, 6.07) is 7.73. The molecule has 0 aromatic heterocycles. The van der Waals surface area contributed by atoms with Crippen LogP contribution in [0.25, 0.3) is 0 Å². The molecular weight excluding hydrogens is 244 g/mol. The summed E-state index contributed by atoms with van der Waals surface area (Å²) >= 11 is 3.34. The second kappa shape index (κ2) is 5.27. The van der Waals surface area contributed by atoms with E-state index in [0.717, 1.165) is 10.0 Å². The maximum absolute atomic E-state index is 11.5. The Labute approximate surface area is 92.4 Å². The number of ketones is 1. The predicted octanol–water partition coefficient (Wildman–Crippen LogP) is 2.60. The maximum Gasteiger partial charge on any atom is 0.165 e. The molecule has 0 aliphatic carbocycles. The van der Waals surface area contributed by atoms with Gasteiger partial charge in [0.1, 0.15) is 6.10 Å². The van der Waals surface area contributed by atoms with Crippen molar-refractivity contribution in [3.63, 3.8) is 0 Å². The first-order valence-corrected chi connectivity index (χ1v) is 5.22. The molecule has 3 heteroatoms. The summed E-state index contributed by atoms with van der Waals surface area (Å²) in [5, 5.41) is 0. The van der Waals surface area contributed by atoms with E-state index in [0.29, 0.717) is 6.42 Å². The predicted molar refractivity (Wildman–Crippen MR) is 59.3 cm³/mol. The highest BCUT2D eigenvalue weighted by molar-refractivity contribution is 9.10. The van der Waals surface area contributed by atoms with E-state index in [4.69, 9.17) is 4.74 Å². The van der Waals surface area contributed by atoms with Crippen molar-refractivity contribution in [3.8, 4) is 0 Å². The normalized spacial score (nSPS) is 12.5. The molecule has 0 saturated heterocycles. The van der Waals surface area contributed by atoms with E-state index < -0.39 is 0 Å². The monoisotopic (exact) mass is 256 g/mol. The molecule has 0 fully saturated rings. The fourth-order valence-corrected chi connectivity index (χ4v) is 1.34. The Balaban J connectivity index is 2.60. The maximum atomic E-state index is 11.5. The van der Waals surface area contributed by atoms with Gasteiger partial charge in [-0.05, 0) is 24.6 Å². The lowest BCUT2D eigenvalue weighted by Gasteiger charge is -2.07.